The monoisotopic (exact) mass is 342 g/mol. The van der Waals surface area contributed by atoms with Crippen LogP contribution in [0, 0.1) is 28.1 Å². The molecular weight excluding hydrogens is 304 g/mol. The van der Waals surface area contributed by atoms with Gasteiger partial charge in [-0.2, -0.15) is 0 Å². The zero-order chi connectivity index (χ0) is 19.3. The van der Waals surface area contributed by atoms with Crippen molar-refractivity contribution < 1.29 is 19.8 Å². The fraction of sp³-hybridized carbons (Fsp3) is 0.900. The minimum atomic E-state index is -1.29. The fourth-order valence-corrected chi connectivity index (χ4v) is 5.53. The molecule has 0 aliphatic carbocycles. The zero-order valence-corrected chi connectivity index (χ0v) is 16.9. The Morgan fingerprint density at radius 1 is 0.792 bits per heavy atom. The molecule has 0 aromatic carbocycles. The fourth-order valence-electron chi connectivity index (χ4n) is 5.53. The Labute approximate surface area is 148 Å². The average Bonchev–Trinajstić information content (AvgIpc) is 2.41. The molecule has 0 aliphatic heterocycles. The van der Waals surface area contributed by atoms with Crippen molar-refractivity contribution >= 4 is 11.9 Å². The molecule has 0 bridgehead atoms. The summed E-state index contributed by atoms with van der Waals surface area (Å²) in [5, 5.41) is 20.5. The van der Waals surface area contributed by atoms with Crippen LogP contribution >= 0.6 is 0 Å². The first-order chi connectivity index (χ1) is 10.9. The molecule has 142 valence electrons. The van der Waals surface area contributed by atoms with Crippen LogP contribution in [0.3, 0.4) is 0 Å². The summed E-state index contributed by atoms with van der Waals surface area (Å²) in [4.78, 5) is 25.0. The van der Waals surface area contributed by atoms with Crippen molar-refractivity contribution in [2.75, 3.05) is 0 Å². The number of carboxylic acid groups (broad SMARTS) is 2. The molecule has 0 saturated heterocycles. The molecule has 0 aliphatic rings. The summed E-state index contributed by atoms with van der Waals surface area (Å²) in [6.45, 7) is 15.8. The lowest BCUT2D eigenvalue weighted by atomic mass is 9.45. The van der Waals surface area contributed by atoms with Gasteiger partial charge in [-0.25, -0.2) is 0 Å². The third-order valence-corrected chi connectivity index (χ3v) is 6.08. The van der Waals surface area contributed by atoms with Gasteiger partial charge < -0.3 is 10.2 Å². The highest BCUT2D eigenvalue weighted by molar-refractivity contribution is 5.87. The lowest BCUT2D eigenvalue weighted by molar-refractivity contribution is -0.196. The van der Waals surface area contributed by atoms with Gasteiger partial charge in [-0.1, -0.05) is 55.4 Å². The van der Waals surface area contributed by atoms with Gasteiger partial charge in [0, 0.05) is 0 Å². The number of rotatable bonds is 11. The lowest BCUT2D eigenvalue weighted by Gasteiger charge is -2.56. The van der Waals surface area contributed by atoms with Gasteiger partial charge in [-0.15, -0.1) is 0 Å². The maximum Gasteiger partial charge on any atom is 0.311 e. The van der Waals surface area contributed by atoms with E-state index in [1.54, 1.807) is 0 Å². The third-order valence-electron chi connectivity index (χ3n) is 6.08. The van der Waals surface area contributed by atoms with Crippen LogP contribution in [-0.2, 0) is 9.59 Å². The molecule has 0 aromatic heterocycles. The quantitative estimate of drug-likeness (QED) is 0.523. The number of hydrogen-bond donors (Lipinski definition) is 2. The summed E-state index contributed by atoms with van der Waals surface area (Å²) in [6.07, 6.45) is 2.39. The Morgan fingerprint density at radius 2 is 1.17 bits per heavy atom. The van der Waals surface area contributed by atoms with E-state index < -0.39 is 28.2 Å². The van der Waals surface area contributed by atoms with Crippen molar-refractivity contribution in [3.05, 3.63) is 0 Å². The van der Waals surface area contributed by atoms with Crippen LogP contribution in [0.2, 0.25) is 0 Å². The highest BCUT2D eigenvalue weighted by Crippen LogP contribution is 2.62. The van der Waals surface area contributed by atoms with E-state index in [0.29, 0.717) is 43.9 Å². The number of carbonyl (C=O) groups is 2. The van der Waals surface area contributed by atoms with Gasteiger partial charge in [0.25, 0.3) is 0 Å². The van der Waals surface area contributed by atoms with Crippen LogP contribution in [0.5, 0.6) is 0 Å². The van der Waals surface area contributed by atoms with E-state index in [-0.39, 0.29) is 0 Å². The average molecular weight is 343 g/mol. The molecule has 0 saturated carbocycles. The minimum Gasteiger partial charge on any atom is -0.481 e. The van der Waals surface area contributed by atoms with Crippen LogP contribution in [0.25, 0.3) is 0 Å². The normalized spacial score (nSPS) is 15.6. The Balaban J connectivity index is 6.79. The van der Waals surface area contributed by atoms with Crippen molar-refractivity contribution in [2.45, 2.75) is 87.5 Å². The van der Waals surface area contributed by atoms with E-state index in [1.807, 2.05) is 27.7 Å². The van der Waals surface area contributed by atoms with Crippen molar-refractivity contribution in [1.29, 1.82) is 0 Å². The lowest BCUT2D eigenvalue weighted by Crippen LogP contribution is -2.60. The van der Waals surface area contributed by atoms with Gasteiger partial charge in [0.2, 0.25) is 0 Å². The summed E-state index contributed by atoms with van der Waals surface area (Å²) in [5.74, 6) is -1.33. The highest BCUT2D eigenvalue weighted by Gasteiger charge is 2.66. The molecule has 4 nitrogen and oxygen atoms in total. The number of carboxylic acids is 2. The van der Waals surface area contributed by atoms with Crippen molar-refractivity contribution in [1.82, 2.24) is 0 Å². The molecule has 0 heterocycles. The Bertz CT molecular complexity index is 425. The predicted molar refractivity (Wildman–Crippen MR) is 98.0 cm³/mol. The molecule has 1 unspecified atom stereocenters. The molecular formula is C20H38O4. The molecule has 0 rings (SSSR count). The Hall–Kier alpha value is -1.06. The van der Waals surface area contributed by atoms with E-state index in [2.05, 4.69) is 27.7 Å². The van der Waals surface area contributed by atoms with Crippen LogP contribution in [0.4, 0.5) is 0 Å². The Morgan fingerprint density at radius 3 is 1.33 bits per heavy atom. The molecule has 1 atom stereocenters. The third kappa shape index (κ3) is 3.62. The van der Waals surface area contributed by atoms with Gasteiger partial charge in [-0.05, 0) is 49.4 Å². The van der Waals surface area contributed by atoms with Crippen LogP contribution in [-0.4, -0.2) is 22.2 Å². The standard InChI is InChI=1S/C20H38O4/c1-9-19(10-2,16(21)22)20(11-3,17(23)24)18(8,12-14(4)5)13-15(6)7/h14-15H,9-13H2,1-8H3,(H,21,22)(H,23,24). The summed E-state index contributed by atoms with van der Waals surface area (Å²) in [6, 6.07) is 0. The molecule has 0 aromatic rings. The molecule has 24 heavy (non-hydrogen) atoms. The van der Waals surface area contributed by atoms with Crippen molar-refractivity contribution in [2.24, 2.45) is 28.1 Å². The first kappa shape index (κ1) is 22.9. The van der Waals surface area contributed by atoms with E-state index in [4.69, 9.17) is 0 Å². The Kier molecular flexibility index (Phi) is 7.98. The van der Waals surface area contributed by atoms with Gasteiger partial charge in [0.15, 0.2) is 0 Å². The van der Waals surface area contributed by atoms with Gasteiger partial charge in [0.1, 0.15) is 0 Å². The molecule has 0 amide bonds. The first-order valence-electron chi connectivity index (χ1n) is 9.37. The highest BCUT2D eigenvalue weighted by atomic mass is 16.4. The van der Waals surface area contributed by atoms with Gasteiger partial charge in [-0.3, -0.25) is 9.59 Å². The molecule has 0 spiro atoms. The van der Waals surface area contributed by atoms with E-state index in [0.717, 1.165) is 0 Å². The van der Waals surface area contributed by atoms with Gasteiger partial charge in [0.05, 0.1) is 10.8 Å². The summed E-state index contributed by atoms with van der Waals surface area (Å²) in [5.41, 5.74) is -3.13. The second kappa shape index (κ2) is 8.35. The zero-order valence-electron chi connectivity index (χ0n) is 16.9. The number of aliphatic carboxylic acids is 2. The van der Waals surface area contributed by atoms with Crippen molar-refractivity contribution in [3.8, 4) is 0 Å². The SMILES string of the molecule is CCC(CC)(C(=O)O)C(CC)(C(=O)O)C(C)(CC(C)C)CC(C)C. The predicted octanol–water partition coefficient (Wildman–Crippen LogP) is 5.46. The molecule has 2 N–H and O–H groups in total. The molecule has 0 radical (unpaired) electrons. The van der Waals surface area contributed by atoms with Crippen LogP contribution in [0.15, 0.2) is 0 Å². The number of hydrogen-bond acceptors (Lipinski definition) is 2. The maximum atomic E-state index is 12.7. The van der Waals surface area contributed by atoms with E-state index >= 15 is 0 Å². The van der Waals surface area contributed by atoms with Gasteiger partial charge >= 0.3 is 11.9 Å². The second-order valence-electron chi connectivity index (χ2n) is 8.42. The smallest absolute Gasteiger partial charge is 0.311 e. The maximum absolute atomic E-state index is 12.7. The first-order valence-corrected chi connectivity index (χ1v) is 9.37. The van der Waals surface area contributed by atoms with Crippen LogP contribution < -0.4 is 0 Å². The molecule has 0 fully saturated rings. The molecule has 4 heteroatoms. The summed E-state index contributed by atoms with van der Waals surface area (Å²) >= 11 is 0. The van der Waals surface area contributed by atoms with E-state index in [1.165, 1.54) is 0 Å². The van der Waals surface area contributed by atoms with Crippen LogP contribution in [0.1, 0.15) is 87.5 Å². The minimum absolute atomic E-state index is 0.305. The summed E-state index contributed by atoms with van der Waals surface area (Å²) in [7, 11) is 0. The van der Waals surface area contributed by atoms with Crippen molar-refractivity contribution in [3.63, 3.8) is 0 Å². The topological polar surface area (TPSA) is 74.6 Å². The largest absolute Gasteiger partial charge is 0.481 e. The second-order valence-corrected chi connectivity index (χ2v) is 8.42. The summed E-state index contributed by atoms with van der Waals surface area (Å²) < 4.78 is 0. The van der Waals surface area contributed by atoms with E-state index in [9.17, 15) is 19.8 Å².